The minimum atomic E-state index is -0.966. The Labute approximate surface area is 81.1 Å². The van der Waals surface area contributed by atoms with Gasteiger partial charge in [0.15, 0.2) is 0 Å². The van der Waals surface area contributed by atoms with Gasteiger partial charge in [-0.3, -0.25) is 0 Å². The Morgan fingerprint density at radius 1 is 1.36 bits per heavy atom. The zero-order valence-electron chi connectivity index (χ0n) is 7.98. The molecule has 0 aliphatic heterocycles. The molecule has 80 valence electrons. The highest BCUT2D eigenvalue weighted by molar-refractivity contribution is 5.70. The summed E-state index contributed by atoms with van der Waals surface area (Å²) in [5.74, 6) is -0.496. The van der Waals surface area contributed by atoms with Gasteiger partial charge in [-0.2, -0.15) is 0 Å². The van der Waals surface area contributed by atoms with Crippen LogP contribution < -0.4 is 0 Å². The highest BCUT2D eigenvalue weighted by Gasteiger charge is 2.06. The van der Waals surface area contributed by atoms with E-state index in [2.05, 4.69) is 14.2 Å². The highest BCUT2D eigenvalue weighted by atomic mass is 16.8. The van der Waals surface area contributed by atoms with E-state index in [0.29, 0.717) is 5.76 Å². The number of rotatable bonds is 4. The van der Waals surface area contributed by atoms with Gasteiger partial charge in [0.2, 0.25) is 6.79 Å². The van der Waals surface area contributed by atoms with Gasteiger partial charge in [0.1, 0.15) is 12.4 Å². The van der Waals surface area contributed by atoms with E-state index in [0.717, 1.165) is 0 Å². The van der Waals surface area contributed by atoms with Gasteiger partial charge in [-0.1, -0.05) is 0 Å². The van der Waals surface area contributed by atoms with Gasteiger partial charge in [-0.15, -0.1) is 0 Å². The fraction of sp³-hybridized carbons (Fsp3) is 0.500. The maximum absolute atomic E-state index is 10.7. The summed E-state index contributed by atoms with van der Waals surface area (Å²) in [6.45, 7) is 1.93. The van der Waals surface area contributed by atoms with Crippen LogP contribution in [0.25, 0.3) is 0 Å². The lowest BCUT2D eigenvalue weighted by molar-refractivity contribution is -0.156. The number of hydrogen-bond donors (Lipinski definition) is 1. The molecule has 1 N–H and O–H groups in total. The highest BCUT2D eigenvalue weighted by Crippen LogP contribution is 1.97. The second-order valence-corrected chi connectivity index (χ2v) is 2.19. The van der Waals surface area contributed by atoms with E-state index in [1.165, 1.54) is 0 Å². The molecule has 6 heteroatoms. The number of allylic oxidation sites excluding steroid dienone is 2. The van der Waals surface area contributed by atoms with Crippen molar-refractivity contribution in [2.75, 3.05) is 13.4 Å². The Bertz CT molecular complexity index is 232. The largest absolute Gasteiger partial charge is 0.516 e. The maximum atomic E-state index is 10.7. The van der Waals surface area contributed by atoms with E-state index in [4.69, 9.17) is 5.11 Å². The van der Waals surface area contributed by atoms with Crippen molar-refractivity contribution in [3.63, 3.8) is 0 Å². The van der Waals surface area contributed by atoms with Crippen LogP contribution in [0.4, 0.5) is 4.79 Å². The number of carbonyl (C=O) groups excluding carboxylic acids is 2. The van der Waals surface area contributed by atoms with Crippen LogP contribution in [-0.2, 0) is 19.0 Å². The summed E-state index contributed by atoms with van der Waals surface area (Å²) >= 11 is 0. The Morgan fingerprint density at radius 3 is 2.50 bits per heavy atom. The molecule has 0 aromatic heterocycles. The van der Waals surface area contributed by atoms with Gasteiger partial charge < -0.3 is 19.3 Å². The zero-order chi connectivity index (χ0) is 11.0. The van der Waals surface area contributed by atoms with Crippen LogP contribution in [0.2, 0.25) is 0 Å². The van der Waals surface area contributed by atoms with E-state index in [1.54, 1.807) is 19.9 Å². The molecule has 0 amide bonds. The summed E-state index contributed by atoms with van der Waals surface area (Å²) in [4.78, 5) is 21.1. The van der Waals surface area contributed by atoms with Gasteiger partial charge in [0.25, 0.3) is 0 Å². The number of ether oxygens (including phenoxy) is 3. The predicted octanol–water partition coefficient (Wildman–Crippen LogP) is 0.556. The van der Waals surface area contributed by atoms with Gasteiger partial charge in [0.05, 0.1) is 0 Å². The van der Waals surface area contributed by atoms with Crippen molar-refractivity contribution in [3.05, 3.63) is 11.8 Å². The van der Waals surface area contributed by atoms with Crippen LogP contribution in [0.1, 0.15) is 13.8 Å². The molecular weight excluding hydrogens is 192 g/mol. The van der Waals surface area contributed by atoms with Crippen molar-refractivity contribution in [1.29, 1.82) is 0 Å². The summed E-state index contributed by atoms with van der Waals surface area (Å²) in [5.41, 5.74) is 0. The summed E-state index contributed by atoms with van der Waals surface area (Å²) in [6.07, 6.45) is 0.604. The number of aliphatic hydroxyl groups is 1. The fourth-order valence-corrected chi connectivity index (χ4v) is 0.409. The molecule has 0 unspecified atom stereocenters. The molecule has 6 nitrogen and oxygen atoms in total. The van der Waals surface area contributed by atoms with E-state index in [9.17, 15) is 9.59 Å². The quantitative estimate of drug-likeness (QED) is 0.409. The lowest BCUT2D eigenvalue weighted by Gasteiger charge is -2.05. The normalized spacial score (nSPS) is 10.6. The minimum Gasteiger partial charge on any atom is -0.426 e. The first-order chi connectivity index (χ1) is 6.60. The molecule has 0 saturated heterocycles. The van der Waals surface area contributed by atoms with Crippen LogP contribution in [0.15, 0.2) is 11.8 Å². The predicted molar refractivity (Wildman–Crippen MR) is 45.0 cm³/mol. The number of hydrogen-bond acceptors (Lipinski definition) is 6. The topological polar surface area (TPSA) is 82.1 Å². The molecule has 0 radical (unpaired) electrons. The van der Waals surface area contributed by atoms with Gasteiger partial charge in [-0.25, -0.2) is 9.59 Å². The average molecular weight is 204 g/mol. The smallest absolute Gasteiger partial charge is 0.426 e. The average Bonchev–Trinajstić information content (AvgIpc) is 2.17. The van der Waals surface area contributed by atoms with E-state index >= 15 is 0 Å². The molecule has 14 heavy (non-hydrogen) atoms. The second kappa shape index (κ2) is 6.90. The Morgan fingerprint density at radius 2 is 2.00 bits per heavy atom. The van der Waals surface area contributed by atoms with E-state index < -0.39 is 25.5 Å². The third-order valence-corrected chi connectivity index (χ3v) is 1.18. The lowest BCUT2D eigenvalue weighted by atomic mass is 10.5. The van der Waals surface area contributed by atoms with Crippen LogP contribution in [0, 0.1) is 0 Å². The van der Waals surface area contributed by atoms with Crippen LogP contribution >= 0.6 is 0 Å². The molecule has 0 rings (SSSR count). The number of esters is 1. The fourth-order valence-electron chi connectivity index (χ4n) is 0.409. The standard InChI is InChI=1S/C8H12O6/c1-3-6(2)14-8(11)13-5-12-7(10)4-9/h3,9H,4-5H2,1-2H3. The molecule has 0 aromatic carbocycles. The van der Waals surface area contributed by atoms with E-state index in [1.807, 2.05) is 0 Å². The van der Waals surface area contributed by atoms with Crippen molar-refractivity contribution in [3.8, 4) is 0 Å². The first-order valence-electron chi connectivity index (χ1n) is 3.84. The number of aliphatic hydroxyl groups excluding tert-OH is 1. The third-order valence-electron chi connectivity index (χ3n) is 1.18. The van der Waals surface area contributed by atoms with Crippen molar-refractivity contribution < 1.29 is 28.9 Å². The third kappa shape index (κ3) is 6.01. The molecule has 0 aliphatic rings. The maximum Gasteiger partial charge on any atom is 0.516 e. The number of carbonyl (C=O) groups is 2. The van der Waals surface area contributed by atoms with Gasteiger partial charge in [-0.05, 0) is 19.9 Å². The van der Waals surface area contributed by atoms with E-state index in [-0.39, 0.29) is 0 Å². The molecule has 0 saturated carbocycles. The summed E-state index contributed by atoms with van der Waals surface area (Å²) < 4.78 is 13.1. The molecule has 0 bridgehead atoms. The van der Waals surface area contributed by atoms with Gasteiger partial charge >= 0.3 is 12.1 Å². The summed E-state index contributed by atoms with van der Waals surface area (Å²) in [7, 11) is 0. The molecule has 0 fully saturated rings. The molecule has 0 aromatic rings. The molecule has 0 atom stereocenters. The van der Waals surface area contributed by atoms with Crippen molar-refractivity contribution in [1.82, 2.24) is 0 Å². The van der Waals surface area contributed by atoms with Gasteiger partial charge in [0, 0.05) is 0 Å². The molecular formula is C8H12O6. The molecule has 0 spiro atoms. The Hall–Kier alpha value is -1.56. The van der Waals surface area contributed by atoms with Crippen molar-refractivity contribution in [2.24, 2.45) is 0 Å². The summed E-state index contributed by atoms with van der Waals surface area (Å²) in [6, 6.07) is 0. The van der Waals surface area contributed by atoms with Crippen LogP contribution in [-0.4, -0.2) is 30.6 Å². The lowest BCUT2D eigenvalue weighted by Crippen LogP contribution is -2.15. The second-order valence-electron chi connectivity index (χ2n) is 2.19. The van der Waals surface area contributed by atoms with Crippen molar-refractivity contribution in [2.45, 2.75) is 13.8 Å². The van der Waals surface area contributed by atoms with Crippen LogP contribution in [0.5, 0.6) is 0 Å². The first-order valence-corrected chi connectivity index (χ1v) is 3.84. The summed E-state index contributed by atoms with van der Waals surface area (Å²) in [5, 5.41) is 8.23. The monoisotopic (exact) mass is 204 g/mol. The first kappa shape index (κ1) is 12.4. The van der Waals surface area contributed by atoms with Crippen LogP contribution in [0.3, 0.4) is 0 Å². The SMILES string of the molecule is CC=C(C)OC(=O)OCOC(=O)CO. The van der Waals surface area contributed by atoms with Crippen molar-refractivity contribution >= 4 is 12.1 Å². The zero-order valence-corrected chi connectivity index (χ0v) is 7.98. The Kier molecular flexibility index (Phi) is 6.13. The Balaban J connectivity index is 3.60. The molecule has 0 heterocycles. The minimum absolute atomic E-state index is 0.378. The molecule has 0 aliphatic carbocycles.